The van der Waals surface area contributed by atoms with Crippen LogP contribution in [-0.2, 0) is 6.42 Å². The molecule has 0 aliphatic heterocycles. The molecule has 0 atom stereocenters. The van der Waals surface area contributed by atoms with Gasteiger partial charge in [-0.2, -0.15) is 0 Å². The molecule has 0 unspecified atom stereocenters. The van der Waals surface area contributed by atoms with Crippen LogP contribution in [0.4, 0.5) is 0 Å². The molecule has 0 aliphatic rings. The summed E-state index contributed by atoms with van der Waals surface area (Å²) in [7, 11) is 0. The number of hydrogen-bond acceptors (Lipinski definition) is 0. The van der Waals surface area contributed by atoms with Crippen LogP contribution in [0.1, 0.15) is 12.5 Å². The van der Waals surface area contributed by atoms with Gasteiger partial charge in [0.2, 0.25) is 0 Å². The van der Waals surface area contributed by atoms with Gasteiger partial charge in [-0.3, -0.25) is 0 Å². The van der Waals surface area contributed by atoms with Gasteiger partial charge in [-0.15, -0.1) is 0 Å². The molecule has 0 saturated heterocycles. The van der Waals surface area contributed by atoms with Crippen molar-refractivity contribution in [3.63, 3.8) is 0 Å². The summed E-state index contributed by atoms with van der Waals surface area (Å²) in [6.45, 7) is 2.16. The van der Waals surface area contributed by atoms with Crippen molar-refractivity contribution in [3.8, 4) is 0 Å². The van der Waals surface area contributed by atoms with Gasteiger partial charge in [0.1, 0.15) is 0 Å². The van der Waals surface area contributed by atoms with Crippen LogP contribution in [0.2, 0.25) is 0 Å². The first-order valence-electron chi connectivity index (χ1n) is 2.97. The van der Waals surface area contributed by atoms with Crippen LogP contribution in [0.5, 0.6) is 0 Å². The minimum atomic E-state index is 0. The summed E-state index contributed by atoms with van der Waals surface area (Å²) in [6, 6.07) is 10.5. The molecule has 0 amide bonds. The Labute approximate surface area is 99.1 Å². The van der Waals surface area contributed by atoms with Crippen LogP contribution in [0.15, 0.2) is 30.3 Å². The van der Waals surface area contributed by atoms with E-state index in [2.05, 4.69) is 31.2 Å². The Morgan fingerprint density at radius 3 is 2.00 bits per heavy atom. The molecule has 1 rings (SSSR count). The summed E-state index contributed by atoms with van der Waals surface area (Å²) >= 11 is 0. The van der Waals surface area contributed by atoms with Crippen molar-refractivity contribution in [2.75, 3.05) is 0 Å². The van der Waals surface area contributed by atoms with E-state index in [-0.39, 0.29) is 51.4 Å². The summed E-state index contributed by atoms with van der Waals surface area (Å²) < 4.78 is 0. The second-order valence-corrected chi connectivity index (χ2v) is 1.84. The molecule has 0 radical (unpaired) electrons. The normalized spacial score (nSPS) is 8.11. The predicted octanol–water partition coefficient (Wildman–Crippen LogP) is 1.60. The van der Waals surface area contributed by atoms with Crippen molar-refractivity contribution >= 4 is 51.4 Å². The zero-order valence-electron chi connectivity index (χ0n) is 5.09. The van der Waals surface area contributed by atoms with Gasteiger partial charge in [0.25, 0.3) is 0 Å². The average molecular weight is 146 g/mol. The summed E-state index contributed by atoms with van der Waals surface area (Å²) in [5.74, 6) is 0. The SMILES string of the molecule is CCc1ccccc1.[KH]. The molecule has 1 aromatic rings. The van der Waals surface area contributed by atoms with Gasteiger partial charge in [0.05, 0.1) is 0 Å². The zero-order valence-corrected chi connectivity index (χ0v) is 5.09. The number of benzene rings is 1. The van der Waals surface area contributed by atoms with Crippen LogP contribution in [0.25, 0.3) is 0 Å². The first kappa shape index (κ1) is 9.86. The Bertz CT molecular complexity index is 146. The van der Waals surface area contributed by atoms with Crippen LogP contribution in [-0.4, -0.2) is 51.4 Å². The van der Waals surface area contributed by atoms with Gasteiger partial charge >= 0.3 is 51.4 Å². The third kappa shape index (κ3) is 3.53. The molecule has 0 heterocycles. The first-order chi connectivity index (χ1) is 3.93. The maximum absolute atomic E-state index is 2.16. The van der Waals surface area contributed by atoms with E-state index in [9.17, 15) is 0 Å². The molecular weight excluding hydrogens is 135 g/mol. The quantitative estimate of drug-likeness (QED) is 0.528. The van der Waals surface area contributed by atoms with E-state index in [4.69, 9.17) is 0 Å². The van der Waals surface area contributed by atoms with Crippen LogP contribution in [0, 0.1) is 0 Å². The number of rotatable bonds is 1. The topological polar surface area (TPSA) is 0 Å². The van der Waals surface area contributed by atoms with Crippen LogP contribution in [0.3, 0.4) is 0 Å². The third-order valence-electron chi connectivity index (χ3n) is 1.25. The van der Waals surface area contributed by atoms with Gasteiger partial charge in [0.15, 0.2) is 0 Å². The number of aryl methyl sites for hydroxylation is 1. The fourth-order valence-corrected chi connectivity index (χ4v) is 0.714. The fourth-order valence-electron chi connectivity index (χ4n) is 0.714. The molecule has 0 nitrogen and oxygen atoms in total. The summed E-state index contributed by atoms with van der Waals surface area (Å²) in [5.41, 5.74) is 1.41. The van der Waals surface area contributed by atoms with E-state index < -0.39 is 0 Å². The van der Waals surface area contributed by atoms with E-state index in [1.807, 2.05) is 6.07 Å². The van der Waals surface area contributed by atoms with Crippen molar-refractivity contribution in [2.24, 2.45) is 0 Å². The van der Waals surface area contributed by atoms with Gasteiger partial charge in [0, 0.05) is 0 Å². The predicted molar refractivity (Wildman–Crippen MR) is 43.0 cm³/mol. The zero-order chi connectivity index (χ0) is 5.82. The van der Waals surface area contributed by atoms with Crippen molar-refractivity contribution in [1.82, 2.24) is 0 Å². The van der Waals surface area contributed by atoms with Crippen LogP contribution < -0.4 is 0 Å². The van der Waals surface area contributed by atoms with Crippen molar-refractivity contribution in [2.45, 2.75) is 13.3 Å². The summed E-state index contributed by atoms with van der Waals surface area (Å²) in [4.78, 5) is 0. The molecule has 0 spiro atoms. The van der Waals surface area contributed by atoms with Crippen molar-refractivity contribution < 1.29 is 0 Å². The van der Waals surface area contributed by atoms with E-state index >= 15 is 0 Å². The molecule has 0 aromatic heterocycles. The molecule has 44 valence electrons. The van der Waals surface area contributed by atoms with E-state index in [1.165, 1.54) is 5.56 Å². The Balaban J connectivity index is 0.000000640. The fraction of sp³-hybridized carbons (Fsp3) is 0.250. The molecular formula is C8H11K. The number of hydrogen-bond donors (Lipinski definition) is 0. The second kappa shape index (κ2) is 5.63. The Morgan fingerprint density at radius 1 is 1.11 bits per heavy atom. The summed E-state index contributed by atoms with van der Waals surface area (Å²) in [6.07, 6.45) is 1.14. The molecule has 1 aromatic carbocycles. The molecule has 0 N–H and O–H groups in total. The first-order valence-corrected chi connectivity index (χ1v) is 2.97. The standard InChI is InChI=1S/C8H10.K.H/c1-2-8-6-4-3-5-7-8;;/h3-7H,2H2,1H3;;. The molecule has 9 heavy (non-hydrogen) atoms. The molecule has 0 fully saturated rings. The van der Waals surface area contributed by atoms with Gasteiger partial charge in [-0.1, -0.05) is 37.3 Å². The third-order valence-corrected chi connectivity index (χ3v) is 1.25. The van der Waals surface area contributed by atoms with Gasteiger partial charge in [-0.05, 0) is 12.0 Å². The van der Waals surface area contributed by atoms with E-state index in [1.54, 1.807) is 0 Å². The molecule has 0 saturated carbocycles. The molecule has 0 bridgehead atoms. The minimum absolute atomic E-state index is 0. The average Bonchev–Trinajstić information content (AvgIpc) is 1.90. The molecule has 1 heteroatoms. The Hall–Kier alpha value is 0.856. The Kier molecular flexibility index (Phi) is 6.16. The second-order valence-electron chi connectivity index (χ2n) is 1.84. The van der Waals surface area contributed by atoms with E-state index in [0.717, 1.165) is 6.42 Å². The van der Waals surface area contributed by atoms with E-state index in [0.29, 0.717) is 0 Å². The Morgan fingerprint density at radius 2 is 1.67 bits per heavy atom. The molecule has 0 aliphatic carbocycles. The monoisotopic (exact) mass is 146 g/mol. The van der Waals surface area contributed by atoms with Gasteiger partial charge in [-0.25, -0.2) is 0 Å². The summed E-state index contributed by atoms with van der Waals surface area (Å²) in [5, 5.41) is 0. The maximum atomic E-state index is 2.16. The van der Waals surface area contributed by atoms with Gasteiger partial charge < -0.3 is 0 Å². The van der Waals surface area contributed by atoms with Crippen molar-refractivity contribution in [3.05, 3.63) is 35.9 Å². The van der Waals surface area contributed by atoms with Crippen molar-refractivity contribution in [1.29, 1.82) is 0 Å². The van der Waals surface area contributed by atoms with Crippen LogP contribution >= 0.6 is 0 Å².